The maximum atomic E-state index is 13.4. The third kappa shape index (κ3) is 6.91. The number of halogens is 4. The fraction of sp³-hybridized carbons (Fsp3) is 0.231. The van der Waals surface area contributed by atoms with Gasteiger partial charge in [-0.05, 0) is 65.6 Å². The van der Waals surface area contributed by atoms with Gasteiger partial charge in [0.1, 0.15) is 11.9 Å². The highest BCUT2D eigenvalue weighted by atomic mass is 35.5. The normalized spacial score (nSPS) is 12.1. The Hall–Kier alpha value is -3.72. The quantitative estimate of drug-likeness (QED) is 0.347. The van der Waals surface area contributed by atoms with E-state index in [1.165, 1.54) is 13.2 Å². The molecule has 3 aromatic rings. The van der Waals surface area contributed by atoms with Crippen LogP contribution in [-0.4, -0.2) is 24.3 Å². The van der Waals surface area contributed by atoms with Crippen LogP contribution in [-0.2, 0) is 28.7 Å². The highest BCUT2D eigenvalue weighted by Crippen LogP contribution is 2.37. The molecule has 0 aliphatic carbocycles. The molecule has 36 heavy (non-hydrogen) atoms. The van der Waals surface area contributed by atoms with Crippen molar-refractivity contribution in [3.63, 3.8) is 0 Å². The van der Waals surface area contributed by atoms with Gasteiger partial charge in [-0.2, -0.15) is 13.2 Å². The largest absolute Gasteiger partial charge is 0.496 e. The molecule has 0 saturated carbocycles. The lowest BCUT2D eigenvalue weighted by Gasteiger charge is -2.18. The predicted octanol–water partition coefficient (Wildman–Crippen LogP) is 6.65. The Morgan fingerprint density at radius 1 is 1.03 bits per heavy atom. The summed E-state index contributed by atoms with van der Waals surface area (Å²) in [4.78, 5) is 23.6. The number of nitrogens with one attached hydrogen (secondary N) is 1. The Balaban J connectivity index is 1.90. The molecule has 1 atom stereocenters. The number of carbonyl (C=O) groups is 2. The third-order valence-corrected chi connectivity index (χ3v) is 5.64. The monoisotopic (exact) mass is 521 g/mol. The molecule has 1 amide bonds. The Kier molecular flexibility index (Phi) is 8.47. The second-order valence-electron chi connectivity index (χ2n) is 7.93. The molecule has 0 spiro atoms. The van der Waals surface area contributed by atoms with Crippen molar-refractivity contribution in [1.82, 2.24) is 5.32 Å². The van der Waals surface area contributed by atoms with E-state index in [4.69, 9.17) is 26.2 Å². The summed E-state index contributed by atoms with van der Waals surface area (Å²) in [7, 11) is 1.40. The summed E-state index contributed by atoms with van der Waals surface area (Å²) in [5.74, 6) is -0.720. The first-order valence-electron chi connectivity index (χ1n) is 10.8. The number of carboxylic acid groups (broad SMARTS) is 1. The number of amides is 1. The molecule has 6 nitrogen and oxygen atoms in total. The Bertz CT molecular complexity index is 1250. The number of alkyl carbamates (subject to hydrolysis) is 1. The number of rotatable bonds is 8. The Morgan fingerprint density at radius 3 is 2.33 bits per heavy atom. The fourth-order valence-corrected chi connectivity index (χ4v) is 3.73. The van der Waals surface area contributed by atoms with Gasteiger partial charge in [0, 0.05) is 17.1 Å². The average Bonchev–Trinajstić information content (AvgIpc) is 2.82. The summed E-state index contributed by atoms with van der Waals surface area (Å²) < 4.78 is 51.0. The van der Waals surface area contributed by atoms with Crippen LogP contribution in [0.2, 0.25) is 5.02 Å². The maximum Gasteiger partial charge on any atom is 0.416 e. The summed E-state index contributed by atoms with van der Waals surface area (Å²) in [5, 5.41) is 12.1. The van der Waals surface area contributed by atoms with E-state index in [9.17, 15) is 22.8 Å². The van der Waals surface area contributed by atoms with Crippen LogP contribution in [0.25, 0.3) is 11.1 Å². The van der Waals surface area contributed by atoms with E-state index in [-0.39, 0.29) is 18.5 Å². The topological polar surface area (TPSA) is 84.9 Å². The first-order chi connectivity index (χ1) is 17.0. The van der Waals surface area contributed by atoms with Gasteiger partial charge in [-0.1, -0.05) is 35.9 Å². The van der Waals surface area contributed by atoms with Gasteiger partial charge < -0.3 is 19.9 Å². The molecular formula is C26H23ClF3NO5. The van der Waals surface area contributed by atoms with Crippen LogP contribution < -0.4 is 10.1 Å². The van der Waals surface area contributed by atoms with E-state index in [1.54, 1.807) is 49.4 Å². The molecule has 0 aliphatic heterocycles. The van der Waals surface area contributed by atoms with Crippen molar-refractivity contribution in [3.05, 3.63) is 87.9 Å². The lowest BCUT2D eigenvalue weighted by Crippen LogP contribution is -2.25. The van der Waals surface area contributed by atoms with Crippen LogP contribution in [0.1, 0.15) is 35.3 Å². The zero-order valence-electron chi connectivity index (χ0n) is 19.4. The fourth-order valence-electron chi connectivity index (χ4n) is 3.60. The molecule has 3 rings (SSSR count). The van der Waals surface area contributed by atoms with Crippen LogP contribution in [0.3, 0.4) is 0 Å². The molecule has 2 N–H and O–H groups in total. The van der Waals surface area contributed by atoms with E-state index in [1.807, 2.05) is 0 Å². The molecule has 0 aliphatic rings. The standard InChI is InChI=1S/C26H23ClF3NO5/c1-15(17-4-7-20(27)8-5-17)36-25(34)31-14-18-13-19(26(28,29)30)6-9-21(18)22-11-16(12-24(32)33)3-10-23(22)35-2/h3-11,13,15H,12,14H2,1-2H3,(H,31,34)(H,32,33). The first kappa shape index (κ1) is 26.9. The highest BCUT2D eigenvalue weighted by Gasteiger charge is 2.31. The van der Waals surface area contributed by atoms with Crippen LogP contribution in [0.15, 0.2) is 60.7 Å². The molecule has 3 aromatic carbocycles. The Morgan fingerprint density at radius 2 is 1.72 bits per heavy atom. The van der Waals surface area contributed by atoms with Gasteiger partial charge in [0.15, 0.2) is 0 Å². The van der Waals surface area contributed by atoms with Crippen molar-refractivity contribution < 1.29 is 37.3 Å². The van der Waals surface area contributed by atoms with Gasteiger partial charge in [-0.25, -0.2) is 4.79 Å². The molecule has 10 heteroatoms. The minimum absolute atomic E-state index is 0.145. The minimum atomic E-state index is -4.61. The molecule has 0 heterocycles. The molecule has 0 aromatic heterocycles. The molecule has 190 valence electrons. The van der Waals surface area contributed by atoms with E-state index in [0.29, 0.717) is 33.0 Å². The third-order valence-electron chi connectivity index (χ3n) is 5.39. The zero-order valence-corrected chi connectivity index (χ0v) is 20.1. The van der Waals surface area contributed by atoms with E-state index in [2.05, 4.69) is 5.32 Å². The van der Waals surface area contributed by atoms with Crippen molar-refractivity contribution >= 4 is 23.7 Å². The second-order valence-corrected chi connectivity index (χ2v) is 8.36. The molecular weight excluding hydrogens is 499 g/mol. The number of carbonyl (C=O) groups excluding carboxylic acids is 1. The number of ether oxygens (including phenoxy) is 2. The number of aliphatic carboxylic acids is 1. The summed E-state index contributed by atoms with van der Waals surface area (Å²) in [6, 6.07) is 14.5. The number of carboxylic acids is 1. The van der Waals surface area contributed by atoms with Crippen molar-refractivity contribution in [1.29, 1.82) is 0 Å². The average molecular weight is 522 g/mol. The molecule has 1 unspecified atom stereocenters. The summed E-state index contributed by atoms with van der Waals surface area (Å²) in [5.41, 5.74) is 1.11. The van der Waals surface area contributed by atoms with Crippen LogP contribution in [0, 0.1) is 0 Å². The lowest BCUT2D eigenvalue weighted by molar-refractivity contribution is -0.138. The summed E-state index contributed by atoms with van der Waals surface area (Å²) >= 11 is 5.87. The van der Waals surface area contributed by atoms with Crippen LogP contribution >= 0.6 is 11.6 Å². The van der Waals surface area contributed by atoms with Gasteiger partial charge in [0.05, 0.1) is 19.1 Å². The zero-order chi connectivity index (χ0) is 26.5. The molecule has 0 bridgehead atoms. The number of benzene rings is 3. The SMILES string of the molecule is COc1ccc(CC(=O)O)cc1-c1ccc(C(F)(F)F)cc1CNC(=O)OC(C)c1ccc(Cl)cc1. The van der Waals surface area contributed by atoms with Gasteiger partial charge in [0.25, 0.3) is 0 Å². The second kappa shape index (κ2) is 11.3. The maximum absolute atomic E-state index is 13.4. The smallest absolute Gasteiger partial charge is 0.416 e. The van der Waals surface area contributed by atoms with E-state index >= 15 is 0 Å². The highest BCUT2D eigenvalue weighted by molar-refractivity contribution is 6.30. The van der Waals surface area contributed by atoms with Crippen molar-refractivity contribution in [2.24, 2.45) is 0 Å². The van der Waals surface area contributed by atoms with Crippen molar-refractivity contribution in [2.45, 2.75) is 32.2 Å². The van der Waals surface area contributed by atoms with Gasteiger partial charge in [-0.3, -0.25) is 4.79 Å². The Labute approximate surface area is 210 Å². The molecule has 0 radical (unpaired) electrons. The van der Waals surface area contributed by atoms with Crippen LogP contribution in [0.5, 0.6) is 5.75 Å². The molecule has 0 fully saturated rings. The predicted molar refractivity (Wildman–Crippen MR) is 128 cm³/mol. The number of alkyl halides is 3. The number of hydrogen-bond acceptors (Lipinski definition) is 4. The van der Waals surface area contributed by atoms with Crippen LogP contribution in [0.4, 0.5) is 18.0 Å². The van der Waals surface area contributed by atoms with Gasteiger partial charge >= 0.3 is 18.2 Å². The summed E-state index contributed by atoms with van der Waals surface area (Å²) in [6.07, 6.45) is -6.34. The van der Waals surface area contributed by atoms with Gasteiger partial charge in [-0.15, -0.1) is 0 Å². The van der Waals surface area contributed by atoms with E-state index in [0.717, 1.165) is 12.1 Å². The lowest BCUT2D eigenvalue weighted by atomic mass is 9.94. The molecule has 0 saturated heterocycles. The first-order valence-corrected chi connectivity index (χ1v) is 11.1. The number of methoxy groups -OCH3 is 1. The van der Waals surface area contributed by atoms with Crippen molar-refractivity contribution in [3.8, 4) is 16.9 Å². The minimum Gasteiger partial charge on any atom is -0.496 e. The van der Waals surface area contributed by atoms with Crippen molar-refractivity contribution in [2.75, 3.05) is 7.11 Å². The summed E-state index contributed by atoms with van der Waals surface area (Å²) in [6.45, 7) is 1.37. The number of hydrogen-bond donors (Lipinski definition) is 2. The van der Waals surface area contributed by atoms with Gasteiger partial charge in [0.2, 0.25) is 0 Å². The van der Waals surface area contributed by atoms with E-state index < -0.39 is 29.9 Å².